The van der Waals surface area contributed by atoms with Gasteiger partial charge in [-0.1, -0.05) is 31.4 Å². The maximum absolute atomic E-state index is 12.1. The first-order valence-electron chi connectivity index (χ1n) is 11.2. The first-order chi connectivity index (χ1) is 13.0. The maximum atomic E-state index is 12.1. The monoisotopic (exact) mass is 368 g/mol. The Hall–Kier alpha value is -1.38. The Kier molecular flexibility index (Phi) is 3.97. The van der Waals surface area contributed by atoms with Crippen LogP contribution < -0.4 is 0 Å². The molecule has 3 heteroatoms. The summed E-state index contributed by atoms with van der Waals surface area (Å²) in [4.78, 5) is 24.1. The van der Waals surface area contributed by atoms with Crippen LogP contribution in [0.25, 0.3) is 0 Å². The molecule has 0 saturated heterocycles. The predicted molar refractivity (Wildman–Crippen MR) is 104 cm³/mol. The number of carbonyl (C=O) groups excluding carboxylic acids is 2. The highest BCUT2D eigenvalue weighted by molar-refractivity contribution is 5.85. The van der Waals surface area contributed by atoms with Gasteiger partial charge in [0.2, 0.25) is 0 Å². The van der Waals surface area contributed by atoms with Crippen molar-refractivity contribution in [1.82, 2.24) is 0 Å². The molecule has 4 aliphatic carbocycles. The van der Waals surface area contributed by atoms with Gasteiger partial charge in [-0.2, -0.15) is 0 Å². The van der Waals surface area contributed by atoms with E-state index in [0.717, 1.165) is 44.9 Å². The number of carbonyl (C=O) groups is 2. The van der Waals surface area contributed by atoms with Gasteiger partial charge in [0.15, 0.2) is 0 Å². The van der Waals surface area contributed by atoms with Crippen LogP contribution >= 0.6 is 0 Å². The van der Waals surface area contributed by atoms with Gasteiger partial charge < -0.3 is 4.74 Å². The minimum Gasteiger partial charge on any atom is -0.451 e. The van der Waals surface area contributed by atoms with Crippen LogP contribution in [0.5, 0.6) is 0 Å². The van der Waals surface area contributed by atoms with Crippen molar-refractivity contribution in [3.05, 3.63) is 23.3 Å². The molecule has 2 saturated carbocycles. The molecule has 2 fully saturated rings. The summed E-state index contributed by atoms with van der Waals surface area (Å²) in [5.74, 6) is 3.02. The molecule has 5 aliphatic rings. The summed E-state index contributed by atoms with van der Waals surface area (Å²) in [6.45, 7) is 4.65. The quantitative estimate of drug-likeness (QED) is 0.500. The van der Waals surface area contributed by atoms with Crippen molar-refractivity contribution in [3.63, 3.8) is 0 Å². The molecule has 6 atom stereocenters. The molecule has 1 heterocycles. The van der Waals surface area contributed by atoms with Crippen LogP contribution in [-0.4, -0.2) is 17.4 Å². The largest absolute Gasteiger partial charge is 0.451 e. The van der Waals surface area contributed by atoms with Crippen LogP contribution in [0.3, 0.4) is 0 Å². The minimum absolute atomic E-state index is 0.118. The van der Waals surface area contributed by atoms with Gasteiger partial charge in [-0.15, -0.1) is 0 Å². The number of ether oxygens (including phenoxy) is 1. The van der Waals surface area contributed by atoms with Crippen molar-refractivity contribution in [2.45, 2.75) is 83.7 Å². The van der Waals surface area contributed by atoms with Crippen molar-refractivity contribution in [2.24, 2.45) is 29.1 Å². The topological polar surface area (TPSA) is 43.4 Å². The van der Waals surface area contributed by atoms with Crippen LogP contribution in [-0.2, 0) is 14.3 Å². The van der Waals surface area contributed by atoms with Gasteiger partial charge in [0.05, 0.1) is 0 Å². The Bertz CT molecular complexity index is 747. The lowest BCUT2D eigenvalue weighted by molar-refractivity contribution is -0.164. The number of rotatable bonds is 2. The van der Waals surface area contributed by atoms with Crippen molar-refractivity contribution >= 4 is 11.8 Å². The van der Waals surface area contributed by atoms with Crippen molar-refractivity contribution in [2.75, 3.05) is 0 Å². The number of hydrogen-bond acceptors (Lipinski definition) is 3. The van der Waals surface area contributed by atoms with Crippen LogP contribution in [0.2, 0.25) is 0 Å². The summed E-state index contributed by atoms with van der Waals surface area (Å²) in [5.41, 5.74) is 2.94. The van der Waals surface area contributed by atoms with Gasteiger partial charge >= 0.3 is 5.97 Å². The molecule has 0 aromatic carbocycles. The summed E-state index contributed by atoms with van der Waals surface area (Å²) in [6, 6.07) is 0. The molecule has 0 N–H and O–H groups in total. The molecule has 0 aromatic rings. The number of hydrogen-bond donors (Lipinski definition) is 0. The molecular weight excluding hydrogens is 336 g/mol. The maximum Gasteiger partial charge on any atom is 0.331 e. The Morgan fingerprint density at radius 3 is 2.70 bits per heavy atom. The summed E-state index contributed by atoms with van der Waals surface area (Å²) in [6.07, 6.45) is 14.3. The van der Waals surface area contributed by atoms with Gasteiger partial charge in [-0.3, -0.25) is 4.79 Å². The summed E-state index contributed by atoms with van der Waals surface area (Å²) in [7, 11) is 0. The fourth-order valence-corrected chi connectivity index (χ4v) is 8.12. The molecule has 146 valence electrons. The lowest BCUT2D eigenvalue weighted by atomic mass is 9.48. The first kappa shape index (κ1) is 17.7. The number of ketones is 1. The van der Waals surface area contributed by atoms with E-state index in [1.165, 1.54) is 24.8 Å². The molecule has 3 nitrogen and oxygen atoms in total. The van der Waals surface area contributed by atoms with E-state index in [0.29, 0.717) is 29.5 Å². The van der Waals surface area contributed by atoms with Gasteiger partial charge in [0.1, 0.15) is 11.4 Å². The van der Waals surface area contributed by atoms with E-state index < -0.39 is 0 Å². The third kappa shape index (κ3) is 2.26. The van der Waals surface area contributed by atoms with Gasteiger partial charge in [-0.05, 0) is 74.7 Å². The second-order valence-electron chi connectivity index (χ2n) is 9.74. The van der Waals surface area contributed by atoms with E-state index in [-0.39, 0.29) is 17.0 Å². The van der Waals surface area contributed by atoms with Crippen molar-refractivity contribution < 1.29 is 14.3 Å². The average Bonchev–Trinajstić information content (AvgIpc) is 3.21. The molecule has 0 bridgehead atoms. The molecule has 0 amide bonds. The second-order valence-corrected chi connectivity index (χ2v) is 9.74. The van der Waals surface area contributed by atoms with Crippen LogP contribution in [0, 0.1) is 29.1 Å². The number of allylic oxidation sites excluding steroid dienone is 2. The SMILES string of the molecule is CCC1CC2=C(CCC(=O)C2)C2CC[C@@]3(CC)C(CC[C@@]34C=CC(=O)O4)C12. The summed E-state index contributed by atoms with van der Waals surface area (Å²) >= 11 is 0. The zero-order valence-corrected chi connectivity index (χ0v) is 16.8. The lowest BCUT2D eigenvalue weighted by Gasteiger charge is -2.57. The van der Waals surface area contributed by atoms with E-state index in [1.807, 2.05) is 0 Å². The van der Waals surface area contributed by atoms with Crippen molar-refractivity contribution in [1.29, 1.82) is 0 Å². The third-order valence-corrected chi connectivity index (χ3v) is 9.17. The van der Waals surface area contributed by atoms with Crippen molar-refractivity contribution in [3.8, 4) is 0 Å². The Balaban J connectivity index is 1.55. The number of esters is 1. The molecule has 1 aliphatic heterocycles. The zero-order valence-electron chi connectivity index (χ0n) is 16.8. The lowest BCUT2D eigenvalue weighted by Crippen LogP contribution is -2.54. The zero-order chi connectivity index (χ0) is 18.8. The van der Waals surface area contributed by atoms with Crippen LogP contribution in [0.15, 0.2) is 23.3 Å². The van der Waals surface area contributed by atoms with Gasteiger partial charge in [0.25, 0.3) is 0 Å². The standard InChI is InChI=1S/C24H32O3/c1-3-15-13-16-14-17(25)5-6-18(16)19-7-10-23(4-2)20(22(15)19)8-11-24(23)12-9-21(26)27-24/h9,12,15,19-20,22H,3-8,10-11,13-14H2,1-2H3/t15?,19?,20?,22?,23-,24+/m0/s1. The van der Waals surface area contributed by atoms with E-state index in [2.05, 4.69) is 19.9 Å². The average molecular weight is 369 g/mol. The second kappa shape index (κ2) is 6.06. The fraction of sp³-hybridized carbons (Fsp3) is 0.750. The molecule has 4 unspecified atom stereocenters. The Morgan fingerprint density at radius 1 is 1.15 bits per heavy atom. The van der Waals surface area contributed by atoms with E-state index >= 15 is 0 Å². The highest BCUT2D eigenvalue weighted by Crippen LogP contribution is 2.68. The van der Waals surface area contributed by atoms with Crippen LogP contribution in [0.4, 0.5) is 0 Å². The molecule has 27 heavy (non-hydrogen) atoms. The van der Waals surface area contributed by atoms with E-state index in [4.69, 9.17) is 4.74 Å². The van der Waals surface area contributed by atoms with Gasteiger partial charge in [-0.25, -0.2) is 4.79 Å². The fourth-order valence-electron chi connectivity index (χ4n) is 8.12. The first-order valence-corrected chi connectivity index (χ1v) is 11.2. The highest BCUT2D eigenvalue weighted by atomic mass is 16.6. The summed E-state index contributed by atoms with van der Waals surface area (Å²) in [5, 5.41) is 0. The van der Waals surface area contributed by atoms with Gasteiger partial charge in [0, 0.05) is 24.3 Å². The number of fused-ring (bicyclic) bond motifs is 5. The van der Waals surface area contributed by atoms with E-state index in [9.17, 15) is 9.59 Å². The minimum atomic E-state index is -0.343. The molecular formula is C24H32O3. The predicted octanol–water partition coefficient (Wildman–Crippen LogP) is 5.15. The Labute approximate surface area is 162 Å². The number of Topliss-reactive ketones (excluding diaryl/α,β-unsaturated/α-hetero) is 1. The normalized spacial score (nSPS) is 45.7. The van der Waals surface area contributed by atoms with Crippen LogP contribution in [0.1, 0.15) is 78.1 Å². The molecule has 0 aromatic heterocycles. The van der Waals surface area contributed by atoms with E-state index in [1.54, 1.807) is 11.6 Å². The smallest absolute Gasteiger partial charge is 0.331 e. The molecule has 5 rings (SSSR count). The third-order valence-electron chi connectivity index (χ3n) is 9.17. The Morgan fingerprint density at radius 2 is 2.00 bits per heavy atom. The molecule has 0 radical (unpaired) electrons. The molecule has 1 spiro atoms. The summed E-state index contributed by atoms with van der Waals surface area (Å²) < 4.78 is 6.04. The highest BCUT2D eigenvalue weighted by Gasteiger charge is 2.66.